The Balaban J connectivity index is 2.44. The van der Waals surface area contributed by atoms with Crippen LogP contribution >= 0.6 is 0 Å². The minimum atomic E-state index is -0.816. The predicted molar refractivity (Wildman–Crippen MR) is 83.4 cm³/mol. The van der Waals surface area contributed by atoms with Crippen molar-refractivity contribution in [2.45, 2.75) is 39.5 Å². The van der Waals surface area contributed by atoms with Crippen molar-refractivity contribution in [1.82, 2.24) is 0 Å². The van der Waals surface area contributed by atoms with Crippen LogP contribution < -0.4 is 0 Å². The summed E-state index contributed by atoms with van der Waals surface area (Å²) in [6, 6.07) is 8.45. The monoisotopic (exact) mass is 306 g/mol. The maximum Gasteiger partial charge on any atom is 0.127 e. The lowest BCUT2D eigenvalue weighted by Crippen LogP contribution is -2.21. The van der Waals surface area contributed by atoms with Gasteiger partial charge in [-0.25, -0.2) is 13.2 Å². The highest BCUT2D eigenvalue weighted by Crippen LogP contribution is 2.34. The van der Waals surface area contributed by atoms with Crippen molar-refractivity contribution in [2.24, 2.45) is 5.92 Å². The molecule has 0 atom stereocenters. The van der Waals surface area contributed by atoms with Crippen LogP contribution in [0.5, 0.6) is 0 Å². The van der Waals surface area contributed by atoms with E-state index < -0.39 is 17.0 Å². The molecule has 22 heavy (non-hydrogen) atoms. The van der Waals surface area contributed by atoms with Crippen LogP contribution in [-0.2, 0) is 11.8 Å². The fraction of sp³-hybridized carbons (Fsp3) is 0.368. The van der Waals surface area contributed by atoms with Crippen LogP contribution in [0.25, 0.3) is 0 Å². The summed E-state index contributed by atoms with van der Waals surface area (Å²) in [5, 5.41) is 0. The Kier molecular flexibility index (Phi) is 4.64. The van der Waals surface area contributed by atoms with Crippen molar-refractivity contribution >= 4 is 0 Å². The molecule has 2 aromatic carbocycles. The molecule has 0 saturated carbocycles. The smallest absolute Gasteiger partial charge is 0.127 e. The third-order valence-electron chi connectivity index (χ3n) is 3.94. The van der Waals surface area contributed by atoms with Crippen molar-refractivity contribution in [2.75, 3.05) is 0 Å². The predicted octanol–water partition coefficient (Wildman–Crippen LogP) is 5.63. The third-order valence-corrected chi connectivity index (χ3v) is 3.94. The molecule has 0 heterocycles. The molecule has 0 N–H and O–H groups in total. The highest BCUT2D eigenvalue weighted by Gasteiger charge is 2.27. The third kappa shape index (κ3) is 3.52. The van der Waals surface area contributed by atoms with E-state index in [1.54, 1.807) is 19.9 Å². The largest absolute Gasteiger partial charge is 0.207 e. The quantitative estimate of drug-likeness (QED) is 0.687. The van der Waals surface area contributed by atoms with Crippen molar-refractivity contribution in [3.8, 4) is 0 Å². The molecule has 2 rings (SSSR count). The summed E-state index contributed by atoms with van der Waals surface area (Å²) in [4.78, 5) is 0. The van der Waals surface area contributed by atoms with Crippen LogP contribution in [0.3, 0.4) is 0 Å². The molecule has 0 aliphatic heterocycles. The van der Waals surface area contributed by atoms with Crippen LogP contribution in [-0.4, -0.2) is 0 Å². The molecule has 0 radical (unpaired) electrons. The van der Waals surface area contributed by atoms with Gasteiger partial charge in [0.2, 0.25) is 0 Å². The minimum Gasteiger partial charge on any atom is -0.207 e. The first-order chi connectivity index (χ1) is 10.2. The van der Waals surface area contributed by atoms with E-state index in [2.05, 4.69) is 13.8 Å². The Morgan fingerprint density at radius 2 is 1.50 bits per heavy atom. The summed E-state index contributed by atoms with van der Waals surface area (Å²) in [6.45, 7) is 7.68. The molecular formula is C19H21F3. The normalized spacial score (nSPS) is 12.0. The molecule has 3 heteroatoms. The van der Waals surface area contributed by atoms with Gasteiger partial charge in [-0.3, -0.25) is 0 Å². The zero-order valence-electron chi connectivity index (χ0n) is 13.4. The minimum absolute atomic E-state index is 0.340. The van der Waals surface area contributed by atoms with Gasteiger partial charge in [-0.2, -0.15) is 0 Å². The zero-order valence-corrected chi connectivity index (χ0v) is 13.4. The van der Waals surface area contributed by atoms with Crippen LogP contribution in [0.2, 0.25) is 0 Å². The van der Waals surface area contributed by atoms with E-state index in [4.69, 9.17) is 0 Å². The van der Waals surface area contributed by atoms with E-state index >= 15 is 0 Å². The second-order valence-electron chi connectivity index (χ2n) is 6.70. The molecule has 0 bridgehead atoms. The van der Waals surface area contributed by atoms with Crippen LogP contribution in [0.4, 0.5) is 13.2 Å². The molecular weight excluding hydrogens is 285 g/mol. The van der Waals surface area contributed by atoms with Gasteiger partial charge in [0.25, 0.3) is 0 Å². The second-order valence-corrected chi connectivity index (χ2v) is 6.70. The lowest BCUT2D eigenvalue weighted by Gasteiger charge is -2.27. The van der Waals surface area contributed by atoms with Gasteiger partial charge in [0.1, 0.15) is 17.5 Å². The summed E-state index contributed by atoms with van der Waals surface area (Å²) < 4.78 is 41.4. The van der Waals surface area contributed by atoms with Crippen molar-refractivity contribution in [3.05, 3.63) is 70.5 Å². The first kappa shape index (κ1) is 16.6. The van der Waals surface area contributed by atoms with Crippen LogP contribution in [0.1, 0.15) is 44.4 Å². The summed E-state index contributed by atoms with van der Waals surface area (Å²) in [5.41, 5.74) is 0.964. The van der Waals surface area contributed by atoms with E-state index in [-0.39, 0.29) is 5.82 Å². The van der Waals surface area contributed by atoms with Gasteiger partial charge in [0.15, 0.2) is 0 Å². The van der Waals surface area contributed by atoms with Gasteiger partial charge in [-0.1, -0.05) is 39.8 Å². The molecule has 0 fully saturated rings. The molecule has 118 valence electrons. The van der Waals surface area contributed by atoms with E-state index in [1.807, 2.05) is 6.07 Å². The fourth-order valence-electron chi connectivity index (χ4n) is 2.73. The van der Waals surface area contributed by atoms with Gasteiger partial charge >= 0.3 is 0 Å². The SMILES string of the molecule is CC(C)Cc1ccc(C(C)(C)c2cc(F)cc(F)c2)c(F)c1. The highest BCUT2D eigenvalue weighted by atomic mass is 19.1. The molecule has 0 nitrogen and oxygen atoms in total. The Morgan fingerprint density at radius 1 is 0.909 bits per heavy atom. The topological polar surface area (TPSA) is 0 Å². The Morgan fingerprint density at radius 3 is 2.00 bits per heavy atom. The maximum atomic E-state index is 14.5. The van der Waals surface area contributed by atoms with Gasteiger partial charge in [0, 0.05) is 11.5 Å². The van der Waals surface area contributed by atoms with Gasteiger partial charge in [0.05, 0.1) is 0 Å². The molecule has 0 aromatic heterocycles. The zero-order chi connectivity index (χ0) is 16.5. The molecule has 0 saturated heterocycles. The summed E-state index contributed by atoms with van der Waals surface area (Å²) in [7, 11) is 0. The van der Waals surface area contributed by atoms with Crippen molar-refractivity contribution in [1.29, 1.82) is 0 Å². The first-order valence-electron chi connectivity index (χ1n) is 7.45. The Labute approximate surface area is 130 Å². The fourth-order valence-corrected chi connectivity index (χ4v) is 2.73. The first-order valence-corrected chi connectivity index (χ1v) is 7.45. The Hall–Kier alpha value is -1.77. The van der Waals surface area contributed by atoms with E-state index in [0.29, 0.717) is 17.0 Å². The van der Waals surface area contributed by atoms with Crippen molar-refractivity contribution < 1.29 is 13.2 Å². The number of hydrogen-bond acceptors (Lipinski definition) is 0. The van der Waals surface area contributed by atoms with Crippen LogP contribution in [0, 0.1) is 23.4 Å². The lowest BCUT2D eigenvalue weighted by atomic mass is 9.77. The second kappa shape index (κ2) is 6.15. The number of halogens is 3. The molecule has 2 aromatic rings. The number of hydrogen-bond donors (Lipinski definition) is 0. The Bertz CT molecular complexity index is 652. The average Bonchev–Trinajstić information content (AvgIpc) is 2.36. The summed E-state index contributed by atoms with van der Waals surface area (Å²) in [5.74, 6) is -1.21. The lowest BCUT2D eigenvalue weighted by molar-refractivity contribution is 0.529. The van der Waals surface area contributed by atoms with E-state index in [9.17, 15) is 13.2 Å². The summed E-state index contributed by atoms with van der Waals surface area (Å²) >= 11 is 0. The van der Waals surface area contributed by atoms with Gasteiger partial charge < -0.3 is 0 Å². The van der Waals surface area contributed by atoms with E-state index in [1.165, 1.54) is 18.2 Å². The van der Waals surface area contributed by atoms with E-state index in [0.717, 1.165) is 18.1 Å². The highest BCUT2D eigenvalue weighted by molar-refractivity contribution is 5.40. The average molecular weight is 306 g/mol. The molecule has 0 amide bonds. The number of rotatable bonds is 4. The summed E-state index contributed by atoms with van der Waals surface area (Å²) in [6.07, 6.45) is 0.798. The van der Waals surface area contributed by atoms with Crippen LogP contribution in [0.15, 0.2) is 36.4 Å². The molecule has 0 spiro atoms. The molecule has 0 aliphatic carbocycles. The standard InChI is InChI=1S/C19H21F3/c1-12(2)7-13-5-6-17(18(22)8-13)19(3,4)14-9-15(20)11-16(21)10-14/h5-6,8-12H,7H2,1-4H3. The molecule has 0 unspecified atom stereocenters. The molecule has 0 aliphatic rings. The van der Waals surface area contributed by atoms with Gasteiger partial charge in [-0.15, -0.1) is 0 Å². The van der Waals surface area contributed by atoms with Gasteiger partial charge in [-0.05, 0) is 47.2 Å². The number of benzene rings is 2. The van der Waals surface area contributed by atoms with Crippen molar-refractivity contribution in [3.63, 3.8) is 0 Å². The maximum absolute atomic E-state index is 14.5.